The highest BCUT2D eigenvalue weighted by Crippen LogP contribution is 2.07. The van der Waals surface area contributed by atoms with Gasteiger partial charge in [-0.2, -0.15) is 0 Å². The Labute approximate surface area is 51.5 Å². The third-order valence-electron chi connectivity index (χ3n) is 1.11. The van der Waals surface area contributed by atoms with Crippen LogP contribution in [0.1, 0.15) is 0 Å². The topological polar surface area (TPSA) is 34.1 Å². The van der Waals surface area contributed by atoms with Crippen LogP contribution in [0.15, 0.2) is 0 Å². The molecule has 4 heteroatoms. The van der Waals surface area contributed by atoms with Crippen molar-refractivity contribution in [2.75, 3.05) is 6.26 Å². The van der Waals surface area contributed by atoms with Crippen molar-refractivity contribution in [3.05, 3.63) is 0 Å². The molecule has 0 saturated heterocycles. The third kappa shape index (κ3) is 1.96. The van der Waals surface area contributed by atoms with Crippen LogP contribution in [0.3, 0.4) is 0 Å². The van der Waals surface area contributed by atoms with E-state index in [2.05, 4.69) is 0 Å². The van der Waals surface area contributed by atoms with E-state index < -0.39 is 16.5 Å². The fraction of sp³-hybridized carbons (Fsp3) is 1.00. The van der Waals surface area contributed by atoms with Gasteiger partial charge in [0.1, 0.15) is 9.29 Å². The van der Waals surface area contributed by atoms with E-state index in [1.165, 1.54) is 6.26 Å². The third-order valence-corrected chi connectivity index (χ3v) is 10.0. The Kier molecular flexibility index (Phi) is 1.88. The van der Waals surface area contributed by atoms with Crippen molar-refractivity contribution < 1.29 is 8.42 Å². The van der Waals surface area contributed by atoms with E-state index in [9.17, 15) is 8.42 Å². The van der Waals surface area contributed by atoms with Gasteiger partial charge in [-0.05, 0) is 0 Å². The van der Waals surface area contributed by atoms with Crippen LogP contribution in [0.5, 0.6) is 0 Å². The van der Waals surface area contributed by atoms with E-state index in [-0.39, 0.29) is 0 Å². The quantitative estimate of drug-likeness (QED) is 0.522. The minimum atomic E-state index is -2.70. The minimum absolute atomic E-state index is 1.30. The summed E-state index contributed by atoms with van der Waals surface area (Å²) in [5.74, 6) is 0. The average Bonchev–Trinajstić information content (AvgIpc) is 1.25. The highest BCUT2D eigenvalue weighted by molar-refractivity contribution is 8.21. The van der Waals surface area contributed by atoms with E-state index in [0.29, 0.717) is 0 Å². The van der Waals surface area contributed by atoms with Crippen LogP contribution in [0.25, 0.3) is 0 Å². The fourth-order valence-electron chi connectivity index (χ4n) is 0. The van der Waals surface area contributed by atoms with E-state index in [1.54, 1.807) is 0 Å². The highest BCUT2D eigenvalue weighted by Gasteiger charge is 2.26. The predicted octanol–water partition coefficient (Wildman–Crippen LogP) is 0.866. The fourth-order valence-corrected chi connectivity index (χ4v) is 0. The first-order valence-corrected chi connectivity index (χ1v) is 8.56. The van der Waals surface area contributed by atoms with Crippen molar-refractivity contribution in [2.45, 2.75) is 19.6 Å². The van der Waals surface area contributed by atoms with Crippen molar-refractivity contribution >= 4 is 16.5 Å². The molecule has 0 aliphatic carbocycles. The maximum Gasteiger partial charge on any atom is 0.186 e. The molecular formula is C4H12O2SSi. The summed E-state index contributed by atoms with van der Waals surface area (Å²) in [6, 6.07) is 0. The Hall–Kier alpha value is 0.167. The molecule has 0 saturated carbocycles. The van der Waals surface area contributed by atoms with Crippen LogP contribution in [0.4, 0.5) is 0 Å². The molecule has 2 nitrogen and oxygen atoms in total. The Morgan fingerprint density at radius 1 is 1.12 bits per heavy atom. The van der Waals surface area contributed by atoms with E-state index >= 15 is 0 Å². The molecule has 0 bridgehead atoms. The van der Waals surface area contributed by atoms with Gasteiger partial charge in [-0.1, -0.05) is 19.6 Å². The summed E-state index contributed by atoms with van der Waals surface area (Å²) in [6.45, 7) is 5.47. The molecule has 50 valence electrons. The first kappa shape index (κ1) is 8.17. The van der Waals surface area contributed by atoms with Gasteiger partial charge in [0.05, 0.1) is 0 Å². The number of hydrogen-bond acceptors (Lipinski definition) is 2. The molecule has 0 aromatic heterocycles. The SMILES string of the molecule is C[Si](C)(C)S(C)(=O)=O. The van der Waals surface area contributed by atoms with Crippen LogP contribution >= 0.6 is 0 Å². The normalized spacial score (nSPS) is 14.0. The number of rotatable bonds is 1. The van der Waals surface area contributed by atoms with Crippen LogP contribution in [-0.4, -0.2) is 21.9 Å². The van der Waals surface area contributed by atoms with Gasteiger partial charge in [0.25, 0.3) is 0 Å². The van der Waals surface area contributed by atoms with Crippen LogP contribution < -0.4 is 0 Å². The molecule has 0 fully saturated rings. The summed E-state index contributed by atoms with van der Waals surface area (Å²) in [5, 5.41) is 0. The molecule has 0 unspecified atom stereocenters. The molecule has 0 aliphatic rings. The summed E-state index contributed by atoms with van der Waals surface area (Å²) in [5.41, 5.74) is 0. The predicted molar refractivity (Wildman–Crippen MR) is 38.2 cm³/mol. The number of hydrogen-bond donors (Lipinski definition) is 0. The van der Waals surface area contributed by atoms with Gasteiger partial charge in [-0.3, -0.25) is 0 Å². The summed E-state index contributed by atoms with van der Waals surface area (Å²) < 4.78 is 21.4. The van der Waals surface area contributed by atoms with Gasteiger partial charge in [0, 0.05) is 6.26 Å². The average molecular weight is 152 g/mol. The van der Waals surface area contributed by atoms with Gasteiger partial charge in [0.2, 0.25) is 0 Å². The zero-order valence-electron chi connectivity index (χ0n) is 5.72. The highest BCUT2D eigenvalue weighted by atomic mass is 32.4. The van der Waals surface area contributed by atoms with Crippen LogP contribution in [0, 0.1) is 0 Å². The van der Waals surface area contributed by atoms with Gasteiger partial charge in [-0.25, -0.2) is 8.42 Å². The minimum Gasteiger partial charge on any atom is -0.237 e. The van der Waals surface area contributed by atoms with Crippen molar-refractivity contribution in [1.82, 2.24) is 0 Å². The van der Waals surface area contributed by atoms with Crippen LogP contribution in [-0.2, 0) is 9.29 Å². The lowest BCUT2D eigenvalue weighted by atomic mass is 11.8. The molecule has 0 N–H and O–H groups in total. The Morgan fingerprint density at radius 3 is 1.25 bits per heavy atom. The summed E-state index contributed by atoms with van der Waals surface area (Å²) in [7, 11) is -4.59. The van der Waals surface area contributed by atoms with Crippen molar-refractivity contribution in [3.8, 4) is 0 Å². The van der Waals surface area contributed by atoms with E-state index in [0.717, 1.165) is 0 Å². The zero-order valence-corrected chi connectivity index (χ0v) is 7.54. The van der Waals surface area contributed by atoms with Gasteiger partial charge < -0.3 is 0 Å². The molecule has 0 aromatic carbocycles. The zero-order chi connectivity index (χ0) is 7.00. The first-order chi connectivity index (χ1) is 3.25. The largest absolute Gasteiger partial charge is 0.237 e. The molecule has 8 heavy (non-hydrogen) atoms. The maximum atomic E-state index is 10.7. The second kappa shape index (κ2) is 1.84. The monoisotopic (exact) mass is 152 g/mol. The van der Waals surface area contributed by atoms with E-state index in [4.69, 9.17) is 0 Å². The molecule has 0 radical (unpaired) electrons. The lowest BCUT2D eigenvalue weighted by molar-refractivity contribution is 0.612. The summed E-state index contributed by atoms with van der Waals surface area (Å²) in [4.78, 5) is 0. The first-order valence-electron chi connectivity index (χ1n) is 2.45. The maximum absolute atomic E-state index is 10.7. The molecule has 0 amide bonds. The smallest absolute Gasteiger partial charge is 0.186 e. The second-order valence-corrected chi connectivity index (χ2v) is 14.6. The standard InChI is InChI=1S/C4H12O2SSi/c1-7(5,6)8(2,3)4/h1-4H3. The lowest BCUT2D eigenvalue weighted by Gasteiger charge is -2.10. The van der Waals surface area contributed by atoms with Crippen LogP contribution in [0.2, 0.25) is 19.6 Å². The Bertz CT molecular complexity index is 163. The molecule has 0 rings (SSSR count). The van der Waals surface area contributed by atoms with Crippen molar-refractivity contribution in [2.24, 2.45) is 0 Å². The molecule has 0 atom stereocenters. The molecule has 0 aromatic rings. The Morgan fingerprint density at radius 2 is 1.25 bits per heavy atom. The summed E-state index contributed by atoms with van der Waals surface area (Å²) >= 11 is 0. The molecule has 0 aliphatic heterocycles. The second-order valence-electron chi connectivity index (χ2n) is 2.88. The van der Waals surface area contributed by atoms with Gasteiger partial charge in [0.15, 0.2) is 7.22 Å². The lowest BCUT2D eigenvalue weighted by Crippen LogP contribution is -2.31. The van der Waals surface area contributed by atoms with Crippen molar-refractivity contribution in [3.63, 3.8) is 0 Å². The Balaban J connectivity index is 4.53. The molecule has 0 heterocycles. The van der Waals surface area contributed by atoms with Crippen molar-refractivity contribution in [1.29, 1.82) is 0 Å². The van der Waals surface area contributed by atoms with Gasteiger partial charge in [-0.15, -0.1) is 0 Å². The molecular weight excluding hydrogens is 140 g/mol. The van der Waals surface area contributed by atoms with Gasteiger partial charge >= 0.3 is 0 Å². The summed E-state index contributed by atoms with van der Waals surface area (Å²) in [6.07, 6.45) is 1.30. The molecule has 0 spiro atoms. The van der Waals surface area contributed by atoms with E-state index in [1.807, 2.05) is 19.6 Å².